The Morgan fingerprint density at radius 1 is 0.650 bits per heavy atom. The van der Waals surface area contributed by atoms with E-state index in [1.807, 2.05) is 125 Å². The molecule has 40 heavy (non-hydrogen) atoms. The lowest BCUT2D eigenvalue weighted by Crippen LogP contribution is -2.55. The molecule has 2 aliphatic rings. The van der Waals surface area contributed by atoms with E-state index in [-0.39, 0.29) is 12.1 Å². The maximum absolute atomic E-state index is 14.2. The van der Waals surface area contributed by atoms with Crippen LogP contribution >= 0.6 is 0 Å². The highest BCUT2D eigenvalue weighted by atomic mass is 16.5. The molecule has 4 aromatic rings. The van der Waals surface area contributed by atoms with Crippen LogP contribution in [-0.4, -0.2) is 55.2 Å². The molecule has 0 N–H and O–H groups in total. The Hall–Kier alpha value is -5.04. The number of methoxy groups -OCH3 is 1. The zero-order valence-electron chi connectivity index (χ0n) is 22.3. The van der Waals surface area contributed by atoms with Gasteiger partial charge >= 0.3 is 12.1 Å². The number of anilines is 4. The predicted octanol–water partition coefficient (Wildman–Crippen LogP) is 6.98. The Kier molecular flexibility index (Phi) is 6.93. The van der Waals surface area contributed by atoms with Crippen LogP contribution in [0.2, 0.25) is 0 Å². The SMILES string of the molecule is COC1=Cc2ccccc2N(C(=O)N2CCN(C(=O)N(c3ccccc3)c3ccccc3)CC2)c2ccccc21. The molecule has 0 bridgehead atoms. The summed E-state index contributed by atoms with van der Waals surface area (Å²) in [7, 11) is 1.65. The van der Waals surface area contributed by atoms with Gasteiger partial charge in [0.1, 0.15) is 5.76 Å². The van der Waals surface area contributed by atoms with Crippen LogP contribution in [0.1, 0.15) is 11.1 Å². The van der Waals surface area contributed by atoms with Crippen molar-refractivity contribution in [1.29, 1.82) is 0 Å². The molecule has 6 rings (SSSR count). The maximum Gasteiger partial charge on any atom is 0.329 e. The van der Waals surface area contributed by atoms with Gasteiger partial charge in [0.05, 0.1) is 29.9 Å². The van der Waals surface area contributed by atoms with E-state index in [4.69, 9.17) is 4.74 Å². The topological polar surface area (TPSA) is 56.3 Å². The minimum Gasteiger partial charge on any atom is -0.496 e. The normalized spacial score (nSPS) is 14.4. The van der Waals surface area contributed by atoms with Crippen molar-refractivity contribution in [3.05, 3.63) is 120 Å². The first kappa shape index (κ1) is 25.2. The van der Waals surface area contributed by atoms with Gasteiger partial charge in [0.25, 0.3) is 0 Å². The van der Waals surface area contributed by atoms with Crippen molar-refractivity contribution in [1.82, 2.24) is 9.80 Å². The smallest absolute Gasteiger partial charge is 0.329 e. The molecule has 200 valence electrons. The van der Waals surface area contributed by atoms with Gasteiger partial charge in [-0.05, 0) is 48.5 Å². The number of ether oxygens (including phenoxy) is 1. The molecule has 7 nitrogen and oxygen atoms in total. The molecule has 1 fully saturated rings. The summed E-state index contributed by atoms with van der Waals surface area (Å²) in [4.78, 5) is 35.1. The summed E-state index contributed by atoms with van der Waals surface area (Å²) in [5.41, 5.74) is 4.92. The molecule has 0 spiro atoms. The Bertz CT molecular complexity index is 1510. The molecule has 4 amide bonds. The fraction of sp³-hybridized carbons (Fsp3) is 0.152. The van der Waals surface area contributed by atoms with Crippen LogP contribution in [0.25, 0.3) is 11.8 Å². The van der Waals surface area contributed by atoms with Gasteiger partial charge in [-0.3, -0.25) is 9.80 Å². The summed E-state index contributed by atoms with van der Waals surface area (Å²) in [6.07, 6.45) is 1.97. The van der Waals surface area contributed by atoms with Crippen molar-refractivity contribution in [2.45, 2.75) is 0 Å². The third-order valence-corrected chi connectivity index (χ3v) is 7.33. The summed E-state index contributed by atoms with van der Waals surface area (Å²) in [6.45, 7) is 1.71. The number of benzene rings is 4. The number of hydrogen-bond donors (Lipinski definition) is 0. The number of carbonyl (C=O) groups excluding carboxylic acids is 2. The van der Waals surface area contributed by atoms with Gasteiger partial charge in [0, 0.05) is 37.3 Å². The Morgan fingerprint density at radius 3 is 1.80 bits per heavy atom. The molecule has 0 aliphatic carbocycles. The first-order valence-electron chi connectivity index (χ1n) is 13.4. The summed E-state index contributed by atoms with van der Waals surface area (Å²) < 4.78 is 5.72. The molecule has 7 heteroatoms. The lowest BCUT2D eigenvalue weighted by Gasteiger charge is -2.39. The maximum atomic E-state index is 14.2. The quantitative estimate of drug-likeness (QED) is 0.287. The summed E-state index contributed by atoms with van der Waals surface area (Å²) in [5, 5.41) is 0. The van der Waals surface area contributed by atoms with Crippen LogP contribution in [0.15, 0.2) is 109 Å². The molecule has 0 atom stereocenters. The lowest BCUT2D eigenvalue weighted by atomic mass is 10.1. The van der Waals surface area contributed by atoms with Crippen molar-refractivity contribution in [2.75, 3.05) is 43.1 Å². The van der Waals surface area contributed by atoms with Crippen molar-refractivity contribution in [3.63, 3.8) is 0 Å². The minimum atomic E-state index is -0.124. The van der Waals surface area contributed by atoms with Gasteiger partial charge in [-0.15, -0.1) is 0 Å². The van der Waals surface area contributed by atoms with Crippen LogP contribution in [0.5, 0.6) is 0 Å². The van der Waals surface area contributed by atoms with Crippen molar-refractivity contribution < 1.29 is 14.3 Å². The van der Waals surface area contributed by atoms with Gasteiger partial charge in [-0.1, -0.05) is 66.7 Å². The number of urea groups is 2. The van der Waals surface area contributed by atoms with E-state index in [1.165, 1.54) is 0 Å². The molecular formula is C33H30N4O3. The van der Waals surface area contributed by atoms with Gasteiger partial charge in [-0.25, -0.2) is 9.59 Å². The van der Waals surface area contributed by atoms with Crippen LogP contribution in [0, 0.1) is 0 Å². The molecule has 2 heterocycles. The van der Waals surface area contributed by atoms with E-state index in [2.05, 4.69) is 0 Å². The van der Waals surface area contributed by atoms with E-state index < -0.39 is 0 Å². The lowest BCUT2D eigenvalue weighted by molar-refractivity contribution is 0.152. The molecule has 2 aliphatic heterocycles. The zero-order valence-corrected chi connectivity index (χ0v) is 22.3. The van der Waals surface area contributed by atoms with Crippen LogP contribution < -0.4 is 9.80 Å². The average Bonchev–Trinajstić information content (AvgIpc) is 3.16. The standard InChI is InChI=1S/C33H30N4O3/c1-40-31-24-25-12-8-10-18-29(25)37(30-19-11-9-17-28(30)31)33(39)35-22-20-34(21-23-35)32(38)36(26-13-4-2-5-14-26)27-15-6-3-7-16-27/h2-19,24H,20-23H2,1H3. The fourth-order valence-corrected chi connectivity index (χ4v) is 5.31. The Labute approximate surface area is 234 Å². The molecule has 4 aromatic carbocycles. The number of piperazine rings is 1. The molecule has 0 unspecified atom stereocenters. The van der Waals surface area contributed by atoms with Crippen LogP contribution in [0.3, 0.4) is 0 Å². The highest BCUT2D eigenvalue weighted by molar-refractivity contribution is 6.07. The van der Waals surface area contributed by atoms with E-state index in [0.717, 1.165) is 33.9 Å². The van der Waals surface area contributed by atoms with Crippen molar-refractivity contribution >= 4 is 46.6 Å². The third kappa shape index (κ3) is 4.66. The van der Waals surface area contributed by atoms with Crippen molar-refractivity contribution in [2.24, 2.45) is 0 Å². The molecule has 0 aromatic heterocycles. The van der Waals surface area contributed by atoms with E-state index in [1.54, 1.807) is 16.9 Å². The highest BCUT2D eigenvalue weighted by Crippen LogP contribution is 2.40. The summed E-state index contributed by atoms with van der Waals surface area (Å²) in [6, 6.07) is 34.7. The number of rotatable bonds is 3. The summed E-state index contributed by atoms with van der Waals surface area (Å²) >= 11 is 0. The molecular weight excluding hydrogens is 500 g/mol. The van der Waals surface area contributed by atoms with Gasteiger partial charge in [0.15, 0.2) is 0 Å². The van der Waals surface area contributed by atoms with E-state index in [9.17, 15) is 9.59 Å². The second-order valence-electron chi connectivity index (χ2n) is 9.67. The van der Waals surface area contributed by atoms with Gasteiger partial charge < -0.3 is 14.5 Å². The average molecular weight is 531 g/mol. The number of carbonyl (C=O) groups is 2. The van der Waals surface area contributed by atoms with Gasteiger partial charge in [0.2, 0.25) is 0 Å². The van der Waals surface area contributed by atoms with Gasteiger partial charge in [-0.2, -0.15) is 0 Å². The second kappa shape index (κ2) is 11.0. The first-order chi connectivity index (χ1) is 19.7. The number of amides is 4. The highest BCUT2D eigenvalue weighted by Gasteiger charge is 2.34. The van der Waals surface area contributed by atoms with Crippen LogP contribution in [-0.2, 0) is 4.74 Å². The fourth-order valence-electron chi connectivity index (χ4n) is 5.31. The minimum absolute atomic E-state index is 0.108. The second-order valence-corrected chi connectivity index (χ2v) is 9.67. The molecule has 1 saturated heterocycles. The largest absolute Gasteiger partial charge is 0.496 e. The number of para-hydroxylation sites is 4. The number of fused-ring (bicyclic) bond motifs is 2. The monoisotopic (exact) mass is 530 g/mol. The van der Waals surface area contributed by atoms with Crippen molar-refractivity contribution in [3.8, 4) is 0 Å². The molecule has 0 radical (unpaired) electrons. The molecule has 0 saturated carbocycles. The number of hydrogen-bond acceptors (Lipinski definition) is 3. The first-order valence-corrected chi connectivity index (χ1v) is 13.4. The number of nitrogens with zero attached hydrogens (tertiary/aromatic N) is 4. The van der Waals surface area contributed by atoms with E-state index >= 15 is 0 Å². The van der Waals surface area contributed by atoms with E-state index in [0.29, 0.717) is 31.9 Å². The predicted molar refractivity (Wildman–Crippen MR) is 159 cm³/mol. The third-order valence-electron chi connectivity index (χ3n) is 7.33. The zero-order chi connectivity index (χ0) is 27.5. The summed E-state index contributed by atoms with van der Waals surface area (Å²) in [5.74, 6) is 0.704. The van der Waals surface area contributed by atoms with Crippen LogP contribution in [0.4, 0.5) is 32.3 Å². The Morgan fingerprint density at radius 2 is 1.18 bits per heavy atom. The Balaban J connectivity index is 1.25.